The lowest BCUT2D eigenvalue weighted by Crippen LogP contribution is -2.12. The summed E-state index contributed by atoms with van der Waals surface area (Å²) in [7, 11) is 0. The average Bonchev–Trinajstić information content (AvgIpc) is 2.10. The van der Waals surface area contributed by atoms with E-state index in [9.17, 15) is 4.79 Å². The molecule has 4 heteroatoms. The number of carbonyl (C=O) groups is 1. The van der Waals surface area contributed by atoms with E-state index in [-0.39, 0.29) is 11.7 Å². The molecule has 1 aromatic carbocycles. The Hall–Kier alpha value is -1.71. The Balaban J connectivity index is 3.27. The fourth-order valence-electron chi connectivity index (χ4n) is 1.32. The highest BCUT2D eigenvalue weighted by Gasteiger charge is 2.17. The van der Waals surface area contributed by atoms with Gasteiger partial charge < -0.3 is 15.6 Å². The topological polar surface area (TPSA) is 72.5 Å². The third-order valence-electron chi connectivity index (χ3n) is 2.05. The Morgan fingerprint density at radius 2 is 2.07 bits per heavy atom. The second-order valence-electron chi connectivity index (χ2n) is 3.62. The molecule has 0 atom stereocenters. The highest BCUT2D eigenvalue weighted by atomic mass is 16.5. The van der Waals surface area contributed by atoms with Crippen LogP contribution in [-0.4, -0.2) is 17.2 Å². The van der Waals surface area contributed by atoms with Gasteiger partial charge in [0, 0.05) is 5.69 Å². The van der Waals surface area contributed by atoms with Crippen LogP contribution in [-0.2, 0) is 0 Å². The van der Waals surface area contributed by atoms with Crippen LogP contribution in [0.5, 0.6) is 5.75 Å². The van der Waals surface area contributed by atoms with Crippen LogP contribution < -0.4 is 10.5 Å². The molecule has 1 aromatic rings. The van der Waals surface area contributed by atoms with E-state index in [0.29, 0.717) is 17.0 Å². The predicted octanol–water partition coefficient (Wildman–Crippen LogP) is 2.06. The summed E-state index contributed by atoms with van der Waals surface area (Å²) in [6, 6.07) is 3.24. The number of rotatable bonds is 3. The van der Waals surface area contributed by atoms with Crippen molar-refractivity contribution in [2.45, 2.75) is 26.9 Å². The summed E-state index contributed by atoms with van der Waals surface area (Å²) in [5.41, 5.74) is 6.79. The molecule has 0 aromatic heterocycles. The van der Waals surface area contributed by atoms with Gasteiger partial charge in [0.2, 0.25) is 0 Å². The van der Waals surface area contributed by atoms with Gasteiger partial charge in [0.1, 0.15) is 11.3 Å². The van der Waals surface area contributed by atoms with Gasteiger partial charge in [0.05, 0.1) is 6.10 Å². The molecule has 0 aliphatic rings. The van der Waals surface area contributed by atoms with Crippen LogP contribution in [0.25, 0.3) is 0 Å². The zero-order chi connectivity index (χ0) is 11.6. The SMILES string of the molecule is Cc1c(N)ccc(OC(C)C)c1C(=O)O. The van der Waals surface area contributed by atoms with Crippen LogP contribution in [0.3, 0.4) is 0 Å². The number of nitrogens with two attached hydrogens (primary N) is 1. The molecule has 0 radical (unpaired) electrons. The minimum Gasteiger partial charge on any atom is -0.490 e. The lowest BCUT2D eigenvalue weighted by atomic mass is 10.1. The summed E-state index contributed by atoms with van der Waals surface area (Å²) in [4.78, 5) is 11.0. The van der Waals surface area contributed by atoms with Gasteiger partial charge in [0.15, 0.2) is 0 Å². The maximum atomic E-state index is 11.0. The molecular weight excluding hydrogens is 194 g/mol. The number of carboxylic acids is 1. The van der Waals surface area contributed by atoms with Gasteiger partial charge in [-0.2, -0.15) is 0 Å². The summed E-state index contributed by atoms with van der Waals surface area (Å²) in [5, 5.41) is 9.05. The normalized spacial score (nSPS) is 10.4. The molecule has 0 fully saturated rings. The standard InChI is InChI=1S/C11H15NO3/c1-6(2)15-9-5-4-8(12)7(3)10(9)11(13)14/h4-6H,12H2,1-3H3,(H,13,14). The van der Waals surface area contributed by atoms with E-state index in [1.807, 2.05) is 13.8 Å². The summed E-state index contributed by atoms with van der Waals surface area (Å²) in [6.07, 6.45) is -0.0638. The quantitative estimate of drug-likeness (QED) is 0.747. The number of anilines is 1. The molecule has 0 amide bonds. The number of benzene rings is 1. The fourth-order valence-corrected chi connectivity index (χ4v) is 1.32. The first kappa shape index (κ1) is 11.4. The summed E-state index contributed by atoms with van der Waals surface area (Å²) < 4.78 is 5.41. The molecule has 0 aliphatic carbocycles. The van der Waals surface area contributed by atoms with E-state index in [4.69, 9.17) is 15.6 Å². The Kier molecular flexibility index (Phi) is 3.19. The molecule has 0 saturated heterocycles. The van der Waals surface area contributed by atoms with E-state index in [1.165, 1.54) is 0 Å². The number of hydrogen-bond acceptors (Lipinski definition) is 3. The van der Waals surface area contributed by atoms with Gasteiger partial charge in [-0.1, -0.05) is 0 Å². The van der Waals surface area contributed by atoms with Crippen LogP contribution in [0.1, 0.15) is 29.8 Å². The largest absolute Gasteiger partial charge is 0.490 e. The highest BCUT2D eigenvalue weighted by Crippen LogP contribution is 2.27. The number of hydrogen-bond donors (Lipinski definition) is 2. The maximum absolute atomic E-state index is 11.0. The minimum atomic E-state index is -1.02. The van der Waals surface area contributed by atoms with E-state index in [0.717, 1.165) is 0 Å². The second kappa shape index (κ2) is 4.21. The smallest absolute Gasteiger partial charge is 0.339 e. The molecule has 0 spiro atoms. The van der Waals surface area contributed by atoms with Crippen molar-refractivity contribution in [3.05, 3.63) is 23.3 Å². The monoisotopic (exact) mass is 209 g/mol. The van der Waals surface area contributed by atoms with Crippen molar-refractivity contribution in [3.8, 4) is 5.75 Å². The molecule has 3 N–H and O–H groups in total. The van der Waals surface area contributed by atoms with Gasteiger partial charge in [-0.15, -0.1) is 0 Å². The van der Waals surface area contributed by atoms with Gasteiger partial charge in [-0.3, -0.25) is 0 Å². The van der Waals surface area contributed by atoms with Crippen LogP contribution in [0.4, 0.5) is 5.69 Å². The molecule has 0 unspecified atom stereocenters. The molecule has 0 aliphatic heterocycles. The molecule has 0 heterocycles. The second-order valence-corrected chi connectivity index (χ2v) is 3.62. The van der Waals surface area contributed by atoms with E-state index in [1.54, 1.807) is 19.1 Å². The first-order chi connectivity index (χ1) is 6.93. The number of ether oxygens (including phenoxy) is 1. The lowest BCUT2D eigenvalue weighted by Gasteiger charge is -2.14. The maximum Gasteiger partial charge on any atom is 0.339 e. The Morgan fingerprint density at radius 1 is 1.47 bits per heavy atom. The van der Waals surface area contributed by atoms with Crippen molar-refractivity contribution in [1.29, 1.82) is 0 Å². The molecule has 0 saturated carbocycles. The summed E-state index contributed by atoms with van der Waals surface area (Å²) >= 11 is 0. The first-order valence-electron chi connectivity index (χ1n) is 4.72. The van der Waals surface area contributed by atoms with Gasteiger partial charge in [-0.05, 0) is 38.5 Å². The fraction of sp³-hybridized carbons (Fsp3) is 0.364. The Bertz CT molecular complexity index is 386. The third-order valence-corrected chi connectivity index (χ3v) is 2.05. The van der Waals surface area contributed by atoms with Crippen molar-refractivity contribution in [3.63, 3.8) is 0 Å². The molecule has 1 rings (SSSR count). The van der Waals surface area contributed by atoms with Crippen LogP contribution in [0.2, 0.25) is 0 Å². The van der Waals surface area contributed by atoms with E-state index >= 15 is 0 Å². The zero-order valence-corrected chi connectivity index (χ0v) is 9.07. The number of nitrogen functional groups attached to an aromatic ring is 1. The molecule has 15 heavy (non-hydrogen) atoms. The Morgan fingerprint density at radius 3 is 2.53 bits per heavy atom. The van der Waals surface area contributed by atoms with Crippen molar-refractivity contribution in [2.75, 3.05) is 5.73 Å². The summed E-state index contributed by atoms with van der Waals surface area (Å²) in [5.74, 6) is -0.653. The first-order valence-corrected chi connectivity index (χ1v) is 4.72. The van der Waals surface area contributed by atoms with Gasteiger partial charge in [-0.25, -0.2) is 4.79 Å². The van der Waals surface area contributed by atoms with E-state index < -0.39 is 5.97 Å². The Labute approximate surface area is 88.7 Å². The highest BCUT2D eigenvalue weighted by molar-refractivity contribution is 5.94. The summed E-state index contributed by atoms with van der Waals surface area (Å²) in [6.45, 7) is 5.36. The predicted molar refractivity (Wildman–Crippen MR) is 58.3 cm³/mol. The van der Waals surface area contributed by atoms with Crippen LogP contribution in [0.15, 0.2) is 12.1 Å². The molecule has 4 nitrogen and oxygen atoms in total. The number of aromatic carboxylic acids is 1. The minimum absolute atomic E-state index is 0.0638. The number of carboxylic acid groups (broad SMARTS) is 1. The molecular formula is C11H15NO3. The van der Waals surface area contributed by atoms with Gasteiger partial charge >= 0.3 is 5.97 Å². The van der Waals surface area contributed by atoms with Gasteiger partial charge in [0.25, 0.3) is 0 Å². The lowest BCUT2D eigenvalue weighted by molar-refractivity contribution is 0.0690. The van der Waals surface area contributed by atoms with Crippen molar-refractivity contribution in [2.24, 2.45) is 0 Å². The van der Waals surface area contributed by atoms with Crippen molar-refractivity contribution in [1.82, 2.24) is 0 Å². The van der Waals surface area contributed by atoms with Crippen LogP contribution >= 0.6 is 0 Å². The van der Waals surface area contributed by atoms with Crippen LogP contribution in [0, 0.1) is 6.92 Å². The van der Waals surface area contributed by atoms with Crippen molar-refractivity contribution < 1.29 is 14.6 Å². The van der Waals surface area contributed by atoms with Crippen molar-refractivity contribution >= 4 is 11.7 Å². The molecule has 82 valence electrons. The van der Waals surface area contributed by atoms with E-state index in [2.05, 4.69) is 0 Å². The zero-order valence-electron chi connectivity index (χ0n) is 9.07. The molecule has 0 bridgehead atoms. The average molecular weight is 209 g/mol. The third kappa shape index (κ3) is 2.40.